The lowest BCUT2D eigenvalue weighted by atomic mass is 10.3. The zero-order chi connectivity index (χ0) is 12.4. The third-order valence-electron chi connectivity index (χ3n) is 3.04. The van der Waals surface area contributed by atoms with Crippen molar-refractivity contribution in [3.05, 3.63) is 16.5 Å². The van der Waals surface area contributed by atoms with Gasteiger partial charge in [-0.15, -0.1) is 0 Å². The Labute approximate surface area is 107 Å². The number of hydrogen-bond donors (Lipinski definition) is 1. The lowest BCUT2D eigenvalue weighted by molar-refractivity contribution is 0.198. The molecular weight excluding hydrogens is 238 g/mol. The summed E-state index contributed by atoms with van der Waals surface area (Å²) >= 11 is 6.13. The number of β-amino-alcohol motifs (C(OH)–C–C–N with tert-alkyl or cyclic N) is 1. The molecule has 0 amide bonds. The second kappa shape index (κ2) is 5.19. The lowest BCUT2D eigenvalue weighted by Crippen LogP contribution is -2.24. The van der Waals surface area contributed by atoms with Gasteiger partial charge in [0.05, 0.1) is 6.10 Å². The van der Waals surface area contributed by atoms with Gasteiger partial charge in [-0.2, -0.15) is 0 Å². The summed E-state index contributed by atoms with van der Waals surface area (Å²) in [6, 6.07) is 0. The second-order valence-corrected chi connectivity index (χ2v) is 4.88. The van der Waals surface area contributed by atoms with Crippen LogP contribution in [-0.4, -0.2) is 34.3 Å². The molecule has 0 aliphatic carbocycles. The number of anilines is 1. The monoisotopic (exact) mass is 255 g/mol. The van der Waals surface area contributed by atoms with E-state index in [1.54, 1.807) is 0 Å². The summed E-state index contributed by atoms with van der Waals surface area (Å²) in [7, 11) is 0. The molecule has 1 aromatic rings. The molecular formula is C12H18ClN3O. The van der Waals surface area contributed by atoms with Crippen molar-refractivity contribution in [1.29, 1.82) is 0 Å². The van der Waals surface area contributed by atoms with Gasteiger partial charge in [0.15, 0.2) is 0 Å². The summed E-state index contributed by atoms with van der Waals surface area (Å²) in [5.74, 6) is 1.67. The van der Waals surface area contributed by atoms with Crippen LogP contribution in [0.5, 0.6) is 0 Å². The molecule has 94 valence electrons. The Morgan fingerprint density at radius 3 is 2.82 bits per heavy atom. The van der Waals surface area contributed by atoms with Gasteiger partial charge in [0.1, 0.15) is 16.8 Å². The minimum absolute atomic E-state index is 0.252. The first-order valence-corrected chi connectivity index (χ1v) is 6.45. The predicted molar refractivity (Wildman–Crippen MR) is 68.6 cm³/mol. The number of aliphatic hydroxyl groups is 1. The van der Waals surface area contributed by atoms with Crippen molar-refractivity contribution in [2.45, 2.75) is 39.2 Å². The summed E-state index contributed by atoms with van der Waals surface area (Å²) in [6.07, 6.45) is 2.38. The van der Waals surface area contributed by atoms with Crippen molar-refractivity contribution in [1.82, 2.24) is 9.97 Å². The zero-order valence-corrected chi connectivity index (χ0v) is 11.0. The van der Waals surface area contributed by atoms with Gasteiger partial charge in [0, 0.05) is 25.1 Å². The number of aryl methyl sites for hydroxylation is 1. The van der Waals surface area contributed by atoms with E-state index < -0.39 is 0 Å². The zero-order valence-electron chi connectivity index (χ0n) is 10.3. The van der Waals surface area contributed by atoms with Crippen molar-refractivity contribution < 1.29 is 5.11 Å². The van der Waals surface area contributed by atoms with E-state index in [-0.39, 0.29) is 6.10 Å². The maximum absolute atomic E-state index is 9.58. The number of rotatable bonds is 3. The smallest absolute Gasteiger partial charge is 0.137 e. The largest absolute Gasteiger partial charge is 0.391 e. The van der Waals surface area contributed by atoms with E-state index >= 15 is 0 Å². The average Bonchev–Trinajstić information content (AvgIpc) is 2.70. The first-order valence-electron chi connectivity index (χ1n) is 6.07. The van der Waals surface area contributed by atoms with Crippen LogP contribution in [0.25, 0.3) is 0 Å². The third-order valence-corrected chi connectivity index (χ3v) is 3.41. The number of nitrogens with zero attached hydrogens (tertiary/aromatic N) is 3. The van der Waals surface area contributed by atoms with Gasteiger partial charge in [-0.05, 0) is 19.8 Å². The number of aliphatic hydroxyl groups excluding tert-OH is 1. The summed E-state index contributed by atoms with van der Waals surface area (Å²) in [5, 5.41) is 10.1. The normalized spacial score (nSPS) is 20.0. The Balaban J connectivity index is 2.31. The fraction of sp³-hybridized carbons (Fsp3) is 0.667. The molecule has 2 heterocycles. The van der Waals surface area contributed by atoms with E-state index in [1.165, 1.54) is 0 Å². The molecule has 1 atom stereocenters. The highest BCUT2D eigenvalue weighted by Gasteiger charge is 2.24. The Morgan fingerprint density at radius 1 is 1.47 bits per heavy atom. The van der Waals surface area contributed by atoms with Gasteiger partial charge in [-0.3, -0.25) is 0 Å². The van der Waals surface area contributed by atoms with Gasteiger partial charge in [0.25, 0.3) is 0 Å². The van der Waals surface area contributed by atoms with E-state index in [4.69, 9.17) is 11.6 Å². The van der Waals surface area contributed by atoms with Crippen LogP contribution < -0.4 is 4.90 Å². The van der Waals surface area contributed by atoms with Crippen LogP contribution in [0.4, 0.5) is 5.82 Å². The van der Waals surface area contributed by atoms with Crippen LogP contribution >= 0.6 is 11.6 Å². The maximum atomic E-state index is 9.58. The van der Waals surface area contributed by atoms with Gasteiger partial charge in [-0.25, -0.2) is 9.97 Å². The van der Waals surface area contributed by atoms with E-state index in [9.17, 15) is 5.11 Å². The van der Waals surface area contributed by atoms with E-state index in [1.807, 2.05) is 6.92 Å². The number of halogens is 1. The summed E-state index contributed by atoms with van der Waals surface area (Å²) in [6.45, 7) is 5.50. The van der Waals surface area contributed by atoms with Gasteiger partial charge in [-0.1, -0.05) is 18.5 Å². The molecule has 1 fully saturated rings. The fourth-order valence-electron chi connectivity index (χ4n) is 2.10. The molecule has 1 aliphatic heterocycles. The molecule has 1 N–H and O–H groups in total. The number of hydrogen-bond acceptors (Lipinski definition) is 4. The molecule has 0 aromatic carbocycles. The molecule has 0 saturated carbocycles. The van der Waals surface area contributed by atoms with Crippen LogP contribution in [0.15, 0.2) is 0 Å². The maximum Gasteiger partial charge on any atom is 0.137 e. The van der Waals surface area contributed by atoms with Crippen molar-refractivity contribution in [2.75, 3.05) is 18.0 Å². The Bertz CT molecular complexity index is 411. The van der Waals surface area contributed by atoms with Gasteiger partial charge in [0.2, 0.25) is 0 Å². The quantitative estimate of drug-likeness (QED) is 0.839. The molecule has 4 nitrogen and oxygen atoms in total. The molecule has 1 saturated heterocycles. The van der Waals surface area contributed by atoms with E-state index in [2.05, 4.69) is 21.8 Å². The van der Waals surface area contributed by atoms with E-state index in [0.717, 1.165) is 43.0 Å². The van der Waals surface area contributed by atoms with Gasteiger partial charge < -0.3 is 10.0 Å². The molecule has 1 aromatic heterocycles. The Morgan fingerprint density at radius 2 is 2.24 bits per heavy atom. The Hall–Kier alpha value is -0.870. The van der Waals surface area contributed by atoms with Crippen molar-refractivity contribution in [2.24, 2.45) is 0 Å². The second-order valence-electron chi connectivity index (χ2n) is 4.52. The topological polar surface area (TPSA) is 49.2 Å². The summed E-state index contributed by atoms with van der Waals surface area (Å²) in [4.78, 5) is 10.9. The third kappa shape index (κ3) is 2.69. The average molecular weight is 256 g/mol. The molecule has 5 heteroatoms. The first-order chi connectivity index (χ1) is 8.11. The fourth-order valence-corrected chi connectivity index (χ4v) is 2.28. The van der Waals surface area contributed by atoms with Crippen LogP contribution in [0, 0.1) is 6.92 Å². The predicted octanol–water partition coefficient (Wildman–Crippen LogP) is 1.96. The molecule has 1 aliphatic rings. The molecule has 0 spiro atoms. The van der Waals surface area contributed by atoms with Crippen LogP contribution in [0.2, 0.25) is 5.15 Å². The molecule has 1 unspecified atom stereocenters. The highest BCUT2D eigenvalue weighted by atomic mass is 35.5. The summed E-state index contributed by atoms with van der Waals surface area (Å²) in [5.41, 5.74) is 0.903. The van der Waals surface area contributed by atoms with E-state index in [0.29, 0.717) is 11.7 Å². The minimum Gasteiger partial charge on any atom is -0.391 e. The van der Waals surface area contributed by atoms with Crippen LogP contribution in [0.1, 0.15) is 31.2 Å². The molecule has 17 heavy (non-hydrogen) atoms. The molecule has 0 bridgehead atoms. The molecule has 2 rings (SSSR count). The Kier molecular flexibility index (Phi) is 3.84. The summed E-state index contributed by atoms with van der Waals surface area (Å²) < 4.78 is 0. The van der Waals surface area contributed by atoms with Gasteiger partial charge >= 0.3 is 0 Å². The number of aromatic nitrogens is 2. The van der Waals surface area contributed by atoms with Crippen LogP contribution in [-0.2, 0) is 6.42 Å². The van der Waals surface area contributed by atoms with Crippen molar-refractivity contribution in [3.63, 3.8) is 0 Å². The van der Waals surface area contributed by atoms with Crippen molar-refractivity contribution >= 4 is 17.4 Å². The lowest BCUT2D eigenvalue weighted by Gasteiger charge is -2.20. The molecule has 0 radical (unpaired) electrons. The highest BCUT2D eigenvalue weighted by Crippen LogP contribution is 2.26. The van der Waals surface area contributed by atoms with Crippen molar-refractivity contribution in [3.8, 4) is 0 Å². The van der Waals surface area contributed by atoms with Crippen LogP contribution in [0.3, 0.4) is 0 Å². The SMILES string of the molecule is CCCc1nc(Cl)c(C)c(N2CCC(O)C2)n1. The minimum atomic E-state index is -0.252. The highest BCUT2D eigenvalue weighted by molar-refractivity contribution is 6.30. The first kappa shape index (κ1) is 12.6. The standard InChI is InChI=1S/C12H18ClN3O/c1-3-4-10-14-11(13)8(2)12(15-10)16-6-5-9(17)7-16/h9,17H,3-7H2,1-2H3.